The Bertz CT molecular complexity index is 1030. The van der Waals surface area contributed by atoms with Crippen LogP contribution >= 0.6 is 0 Å². The Morgan fingerprint density at radius 1 is 1.03 bits per heavy atom. The maximum Gasteiger partial charge on any atom is 0.303 e. The van der Waals surface area contributed by atoms with E-state index in [1.54, 1.807) is 12.1 Å². The van der Waals surface area contributed by atoms with Gasteiger partial charge in [0, 0.05) is 43.2 Å². The second-order valence-electron chi connectivity index (χ2n) is 9.59. The summed E-state index contributed by atoms with van der Waals surface area (Å²) in [5.74, 6) is -1.32. The molecule has 5 atom stereocenters. The molecule has 4 N–H and O–H groups in total. The number of likely N-dealkylation sites (tertiary alicyclic amines) is 1. The van der Waals surface area contributed by atoms with Crippen molar-refractivity contribution in [2.24, 2.45) is 5.92 Å². The van der Waals surface area contributed by atoms with E-state index in [-0.39, 0.29) is 49.6 Å². The molecule has 0 unspecified atom stereocenters. The van der Waals surface area contributed by atoms with Gasteiger partial charge in [-0.15, -0.1) is 0 Å². The molecule has 4 rings (SSSR count). The lowest BCUT2D eigenvalue weighted by molar-refractivity contribution is -0.276. The van der Waals surface area contributed by atoms with Crippen LogP contribution in [-0.2, 0) is 25.7 Å². The highest BCUT2D eigenvalue weighted by atomic mass is 16.7. The molecule has 1 amide bonds. The summed E-state index contributed by atoms with van der Waals surface area (Å²) in [5.41, 5.74) is 3.20. The molecule has 9 heteroatoms. The number of aliphatic hydroxyl groups is 2. The summed E-state index contributed by atoms with van der Waals surface area (Å²) in [6.07, 6.45) is -0.854. The lowest BCUT2D eigenvalue weighted by atomic mass is 9.90. The Morgan fingerprint density at radius 2 is 1.72 bits per heavy atom. The van der Waals surface area contributed by atoms with E-state index in [4.69, 9.17) is 14.6 Å². The molecule has 2 heterocycles. The Morgan fingerprint density at radius 3 is 2.33 bits per heavy atom. The largest absolute Gasteiger partial charge is 0.481 e. The fourth-order valence-electron chi connectivity index (χ4n) is 4.73. The molecule has 2 aromatic carbocycles. The van der Waals surface area contributed by atoms with Crippen molar-refractivity contribution in [1.82, 2.24) is 4.90 Å². The molecule has 2 aliphatic heterocycles. The number of anilines is 1. The third kappa shape index (κ3) is 6.68. The second kappa shape index (κ2) is 11.9. The Hall–Kier alpha value is -2.82. The minimum Gasteiger partial charge on any atom is -0.481 e. The maximum atomic E-state index is 12.0. The zero-order chi connectivity index (χ0) is 25.7. The minimum absolute atomic E-state index is 0.0216. The second-order valence-corrected chi connectivity index (χ2v) is 9.59. The van der Waals surface area contributed by atoms with Gasteiger partial charge in [0.1, 0.15) is 0 Å². The van der Waals surface area contributed by atoms with E-state index < -0.39 is 12.3 Å². The number of aliphatic carboxylic acids is 1. The molecular weight excluding hydrogens is 464 g/mol. The first-order valence-corrected chi connectivity index (χ1v) is 12.3. The molecule has 36 heavy (non-hydrogen) atoms. The van der Waals surface area contributed by atoms with Gasteiger partial charge in [-0.1, -0.05) is 43.3 Å². The van der Waals surface area contributed by atoms with Crippen molar-refractivity contribution in [3.05, 3.63) is 65.2 Å². The molecule has 0 aliphatic carbocycles. The number of amides is 1. The highest BCUT2D eigenvalue weighted by Crippen LogP contribution is 2.42. The van der Waals surface area contributed by atoms with Gasteiger partial charge in [-0.2, -0.15) is 0 Å². The van der Waals surface area contributed by atoms with Crippen molar-refractivity contribution in [2.75, 3.05) is 25.0 Å². The molecule has 0 spiro atoms. The quantitative estimate of drug-likeness (QED) is 0.416. The molecule has 2 saturated heterocycles. The van der Waals surface area contributed by atoms with Gasteiger partial charge in [0.25, 0.3) is 0 Å². The molecule has 9 nitrogen and oxygen atoms in total. The van der Waals surface area contributed by atoms with Crippen molar-refractivity contribution in [2.45, 2.75) is 57.4 Å². The van der Waals surface area contributed by atoms with Crippen LogP contribution in [0.4, 0.5) is 5.69 Å². The number of aliphatic hydroxyl groups excluding tert-OH is 2. The van der Waals surface area contributed by atoms with Crippen LogP contribution in [0.2, 0.25) is 0 Å². The van der Waals surface area contributed by atoms with Gasteiger partial charge < -0.3 is 30.1 Å². The SMILES string of the molecule is C[C@H]1[C@@H](CN2CC[C@H](O)C2)O[C@@H](c2ccc(NC(=O)CCC(=O)O)cc2)O[C@H]1c1ccc(CO)cc1. The lowest BCUT2D eigenvalue weighted by Gasteiger charge is -2.42. The van der Waals surface area contributed by atoms with Crippen LogP contribution in [0.15, 0.2) is 48.5 Å². The summed E-state index contributed by atoms with van der Waals surface area (Å²) >= 11 is 0. The van der Waals surface area contributed by atoms with E-state index in [1.807, 2.05) is 36.4 Å². The molecule has 0 saturated carbocycles. The van der Waals surface area contributed by atoms with Gasteiger partial charge in [-0.25, -0.2) is 0 Å². The summed E-state index contributed by atoms with van der Waals surface area (Å²) < 4.78 is 12.9. The van der Waals surface area contributed by atoms with Crippen LogP contribution in [0.3, 0.4) is 0 Å². The first-order chi connectivity index (χ1) is 17.3. The van der Waals surface area contributed by atoms with Crippen molar-refractivity contribution in [3.8, 4) is 0 Å². The number of hydrogen-bond acceptors (Lipinski definition) is 7. The number of ether oxygens (including phenoxy) is 2. The average molecular weight is 499 g/mol. The molecule has 0 radical (unpaired) electrons. The monoisotopic (exact) mass is 498 g/mol. The van der Waals surface area contributed by atoms with Gasteiger partial charge in [0.15, 0.2) is 6.29 Å². The van der Waals surface area contributed by atoms with Crippen molar-refractivity contribution >= 4 is 17.6 Å². The molecule has 0 bridgehead atoms. The predicted octanol–water partition coefficient (Wildman–Crippen LogP) is 2.84. The number of rotatable bonds is 9. The van der Waals surface area contributed by atoms with Gasteiger partial charge >= 0.3 is 5.97 Å². The molecule has 2 fully saturated rings. The van der Waals surface area contributed by atoms with Crippen molar-refractivity contribution < 1.29 is 34.4 Å². The van der Waals surface area contributed by atoms with E-state index >= 15 is 0 Å². The normalized spacial score (nSPS) is 26.6. The van der Waals surface area contributed by atoms with Crippen molar-refractivity contribution in [3.63, 3.8) is 0 Å². The van der Waals surface area contributed by atoms with Gasteiger partial charge in [0.05, 0.1) is 31.3 Å². The number of carboxylic acid groups (broad SMARTS) is 1. The van der Waals surface area contributed by atoms with E-state index in [2.05, 4.69) is 17.1 Å². The average Bonchev–Trinajstić information content (AvgIpc) is 3.29. The van der Waals surface area contributed by atoms with E-state index in [0.717, 1.165) is 29.7 Å². The van der Waals surface area contributed by atoms with Crippen LogP contribution in [-0.4, -0.2) is 63.9 Å². The summed E-state index contributed by atoms with van der Waals surface area (Å²) in [6.45, 7) is 4.22. The number of nitrogens with one attached hydrogen (secondary N) is 1. The number of carbonyl (C=O) groups is 2. The topological polar surface area (TPSA) is 129 Å². The number of nitrogens with zero attached hydrogens (tertiary/aromatic N) is 1. The molecule has 194 valence electrons. The van der Waals surface area contributed by atoms with Gasteiger partial charge in [-0.05, 0) is 29.7 Å². The predicted molar refractivity (Wildman–Crippen MR) is 132 cm³/mol. The Balaban J connectivity index is 1.50. The fraction of sp³-hybridized carbons (Fsp3) is 0.481. The van der Waals surface area contributed by atoms with Gasteiger partial charge in [-0.3, -0.25) is 14.5 Å². The number of carboxylic acids is 1. The molecular formula is C27H34N2O7. The zero-order valence-electron chi connectivity index (χ0n) is 20.4. The van der Waals surface area contributed by atoms with E-state index in [0.29, 0.717) is 18.8 Å². The fourth-order valence-corrected chi connectivity index (χ4v) is 4.73. The summed E-state index contributed by atoms with van der Waals surface area (Å²) in [4.78, 5) is 24.8. The summed E-state index contributed by atoms with van der Waals surface area (Å²) in [7, 11) is 0. The van der Waals surface area contributed by atoms with Crippen molar-refractivity contribution in [1.29, 1.82) is 0 Å². The van der Waals surface area contributed by atoms with E-state index in [9.17, 15) is 19.8 Å². The molecule has 2 aromatic rings. The van der Waals surface area contributed by atoms with Crippen LogP contribution in [0.25, 0.3) is 0 Å². The summed E-state index contributed by atoms with van der Waals surface area (Å²) in [6, 6.07) is 14.9. The number of carbonyl (C=O) groups excluding carboxylic acids is 1. The zero-order valence-corrected chi connectivity index (χ0v) is 20.4. The first kappa shape index (κ1) is 26.2. The lowest BCUT2D eigenvalue weighted by Crippen LogP contribution is -2.44. The smallest absolute Gasteiger partial charge is 0.303 e. The number of β-amino-alcohol motifs (C(OH)–C–C–N with tert-alkyl or cyclic N) is 1. The minimum atomic E-state index is -1.01. The summed E-state index contributed by atoms with van der Waals surface area (Å²) in [5, 5.41) is 30.8. The maximum absolute atomic E-state index is 12.0. The standard InChI is InChI=1S/C27H34N2O7/c1-17-23(15-29-13-12-22(31)14-29)35-27(36-26(17)19-4-2-18(16-30)3-5-19)20-6-8-21(9-7-20)28-24(32)10-11-25(33)34/h2-9,17,22-23,26-27,30-31H,10-16H2,1H3,(H,28,32)(H,33,34)/t17-,22-,23+,26+,27+/m0/s1. The number of benzene rings is 2. The third-order valence-corrected chi connectivity index (χ3v) is 6.84. The van der Waals surface area contributed by atoms with Crippen LogP contribution in [0.1, 0.15) is 55.3 Å². The molecule has 2 aliphatic rings. The van der Waals surface area contributed by atoms with Crippen LogP contribution in [0.5, 0.6) is 0 Å². The molecule has 0 aromatic heterocycles. The Labute approximate surface area is 210 Å². The highest BCUT2D eigenvalue weighted by molar-refractivity contribution is 5.92. The first-order valence-electron chi connectivity index (χ1n) is 12.3. The Kier molecular flexibility index (Phi) is 8.71. The van der Waals surface area contributed by atoms with Crippen LogP contribution in [0, 0.1) is 5.92 Å². The van der Waals surface area contributed by atoms with E-state index in [1.165, 1.54) is 0 Å². The van der Waals surface area contributed by atoms with Gasteiger partial charge in [0.2, 0.25) is 5.91 Å². The number of hydrogen-bond donors (Lipinski definition) is 4. The highest BCUT2D eigenvalue weighted by Gasteiger charge is 2.39. The van der Waals surface area contributed by atoms with Crippen LogP contribution < -0.4 is 5.32 Å². The third-order valence-electron chi connectivity index (χ3n) is 6.84.